The first-order valence-corrected chi connectivity index (χ1v) is 8.38. The van der Waals surface area contributed by atoms with Crippen LogP contribution in [0.2, 0.25) is 0 Å². The number of rotatable bonds is 6. The van der Waals surface area contributed by atoms with Crippen molar-refractivity contribution in [2.24, 2.45) is 0 Å². The molecule has 3 rings (SSSR count). The van der Waals surface area contributed by atoms with Crippen molar-refractivity contribution in [1.29, 1.82) is 0 Å². The first-order valence-electron chi connectivity index (χ1n) is 6.83. The molecule has 0 aliphatic carbocycles. The van der Waals surface area contributed by atoms with Crippen LogP contribution < -0.4 is 10.6 Å². The average molecular weight is 346 g/mol. The standard InChI is InChI=1S/C15H14N4O2S2/c1-9-5-6-11(22-9)7-16-14-15(19-23-18-14)17-12-4-2-3-10(8-20)13(12)21/h2-6,8,21H,7H2,1H3,(H,16,18)(H,17,19). The molecule has 0 fully saturated rings. The van der Waals surface area contributed by atoms with Gasteiger partial charge in [0, 0.05) is 9.75 Å². The summed E-state index contributed by atoms with van der Waals surface area (Å²) in [7, 11) is 0. The highest BCUT2D eigenvalue weighted by molar-refractivity contribution is 7.11. The second kappa shape index (κ2) is 6.76. The van der Waals surface area contributed by atoms with E-state index in [1.165, 1.54) is 9.75 Å². The Labute approximate surface area is 141 Å². The number of carbonyl (C=O) groups is 1. The Balaban J connectivity index is 1.75. The van der Waals surface area contributed by atoms with Gasteiger partial charge in [0.2, 0.25) is 0 Å². The Morgan fingerprint density at radius 3 is 2.78 bits per heavy atom. The summed E-state index contributed by atoms with van der Waals surface area (Å²) in [5.74, 6) is 1.02. The third-order valence-electron chi connectivity index (χ3n) is 3.16. The molecule has 0 unspecified atom stereocenters. The molecule has 0 amide bonds. The highest BCUT2D eigenvalue weighted by Gasteiger charge is 2.12. The van der Waals surface area contributed by atoms with Crippen molar-refractivity contribution in [3.8, 4) is 5.75 Å². The third-order valence-corrected chi connectivity index (χ3v) is 4.69. The zero-order valence-electron chi connectivity index (χ0n) is 12.2. The topological polar surface area (TPSA) is 87.1 Å². The molecular formula is C15H14N4O2S2. The van der Waals surface area contributed by atoms with Gasteiger partial charge in [0.1, 0.15) is 5.75 Å². The highest BCUT2D eigenvalue weighted by atomic mass is 32.1. The van der Waals surface area contributed by atoms with Crippen molar-refractivity contribution in [2.75, 3.05) is 10.6 Å². The summed E-state index contributed by atoms with van der Waals surface area (Å²) in [5, 5.41) is 16.3. The average Bonchev–Trinajstić information content (AvgIpc) is 3.16. The van der Waals surface area contributed by atoms with Crippen molar-refractivity contribution < 1.29 is 9.90 Å². The Bertz CT molecular complexity index is 829. The lowest BCUT2D eigenvalue weighted by atomic mass is 10.2. The molecule has 1 aromatic carbocycles. The summed E-state index contributed by atoms with van der Waals surface area (Å²) in [4.78, 5) is 13.3. The minimum atomic E-state index is -0.102. The molecule has 8 heteroatoms. The normalized spacial score (nSPS) is 10.5. The summed E-state index contributed by atoms with van der Waals surface area (Å²) < 4.78 is 8.40. The monoisotopic (exact) mass is 346 g/mol. The van der Waals surface area contributed by atoms with E-state index < -0.39 is 0 Å². The minimum absolute atomic E-state index is 0.102. The number of para-hydroxylation sites is 1. The predicted octanol–water partition coefficient (Wildman–Crippen LogP) is 3.78. The van der Waals surface area contributed by atoms with Gasteiger partial charge in [-0.3, -0.25) is 4.79 Å². The maximum Gasteiger partial charge on any atom is 0.188 e. The largest absolute Gasteiger partial charge is 0.505 e. The molecule has 0 bridgehead atoms. The minimum Gasteiger partial charge on any atom is -0.505 e. The molecule has 23 heavy (non-hydrogen) atoms. The van der Waals surface area contributed by atoms with Gasteiger partial charge in [0.25, 0.3) is 0 Å². The number of phenols is 1. The van der Waals surface area contributed by atoms with Crippen LogP contribution in [0.15, 0.2) is 30.3 Å². The molecule has 2 aromatic heterocycles. The fourth-order valence-corrected chi connectivity index (χ4v) is 3.34. The molecule has 0 saturated heterocycles. The van der Waals surface area contributed by atoms with E-state index in [0.29, 0.717) is 30.2 Å². The Hall–Kier alpha value is -2.45. The highest BCUT2D eigenvalue weighted by Crippen LogP contribution is 2.31. The van der Waals surface area contributed by atoms with Crippen LogP contribution in [-0.4, -0.2) is 20.1 Å². The molecule has 0 saturated carbocycles. The van der Waals surface area contributed by atoms with E-state index in [-0.39, 0.29) is 11.3 Å². The second-order valence-corrected chi connectivity index (χ2v) is 6.71. The van der Waals surface area contributed by atoms with Gasteiger partial charge in [-0.05, 0) is 31.2 Å². The van der Waals surface area contributed by atoms with Gasteiger partial charge < -0.3 is 15.7 Å². The number of hydrogen-bond donors (Lipinski definition) is 3. The van der Waals surface area contributed by atoms with E-state index in [4.69, 9.17) is 0 Å². The van der Waals surface area contributed by atoms with E-state index in [1.54, 1.807) is 29.5 Å². The Morgan fingerprint density at radius 1 is 1.22 bits per heavy atom. The quantitative estimate of drug-likeness (QED) is 0.465. The zero-order chi connectivity index (χ0) is 16.2. The number of hydrogen-bond acceptors (Lipinski definition) is 8. The van der Waals surface area contributed by atoms with Crippen LogP contribution in [0.1, 0.15) is 20.1 Å². The number of anilines is 3. The van der Waals surface area contributed by atoms with Crippen molar-refractivity contribution >= 4 is 46.7 Å². The molecule has 0 radical (unpaired) electrons. The number of nitrogens with one attached hydrogen (secondary N) is 2. The van der Waals surface area contributed by atoms with Crippen LogP contribution in [0.4, 0.5) is 17.3 Å². The molecule has 3 N–H and O–H groups in total. The van der Waals surface area contributed by atoms with Crippen LogP contribution in [0.5, 0.6) is 5.75 Å². The maximum atomic E-state index is 10.9. The summed E-state index contributed by atoms with van der Waals surface area (Å²) in [6.07, 6.45) is 0.609. The van der Waals surface area contributed by atoms with Crippen LogP contribution in [0.3, 0.4) is 0 Å². The van der Waals surface area contributed by atoms with Crippen molar-refractivity contribution in [3.63, 3.8) is 0 Å². The summed E-state index contributed by atoms with van der Waals surface area (Å²) in [5.41, 5.74) is 0.638. The van der Waals surface area contributed by atoms with Gasteiger partial charge >= 0.3 is 0 Å². The first-order chi connectivity index (χ1) is 11.2. The number of nitrogens with zero attached hydrogens (tertiary/aromatic N) is 2. The van der Waals surface area contributed by atoms with Gasteiger partial charge in [-0.2, -0.15) is 8.75 Å². The molecule has 0 atom stereocenters. The first kappa shape index (κ1) is 15.4. The molecule has 0 spiro atoms. The lowest BCUT2D eigenvalue weighted by Crippen LogP contribution is -2.02. The summed E-state index contributed by atoms with van der Waals surface area (Å²) in [6.45, 7) is 2.72. The number of aryl methyl sites for hydroxylation is 1. The lowest BCUT2D eigenvalue weighted by Gasteiger charge is -2.09. The van der Waals surface area contributed by atoms with Gasteiger partial charge in [-0.15, -0.1) is 11.3 Å². The summed E-state index contributed by atoms with van der Waals surface area (Å²) >= 11 is 2.79. The number of aromatic hydroxyl groups is 1. The SMILES string of the molecule is Cc1ccc(CNc2nsnc2Nc2cccc(C=O)c2O)s1. The molecule has 6 nitrogen and oxygen atoms in total. The van der Waals surface area contributed by atoms with Crippen molar-refractivity contribution in [2.45, 2.75) is 13.5 Å². The smallest absolute Gasteiger partial charge is 0.188 e. The third kappa shape index (κ3) is 3.49. The van der Waals surface area contributed by atoms with Gasteiger partial charge in [0.15, 0.2) is 17.9 Å². The fraction of sp³-hybridized carbons (Fsp3) is 0.133. The lowest BCUT2D eigenvalue weighted by molar-refractivity contribution is 0.112. The van der Waals surface area contributed by atoms with E-state index in [1.807, 2.05) is 0 Å². The van der Waals surface area contributed by atoms with E-state index in [2.05, 4.69) is 38.4 Å². The van der Waals surface area contributed by atoms with Crippen LogP contribution in [0.25, 0.3) is 0 Å². The predicted molar refractivity (Wildman–Crippen MR) is 93.1 cm³/mol. The molecular weight excluding hydrogens is 332 g/mol. The Kier molecular flexibility index (Phi) is 4.54. The molecule has 0 aliphatic rings. The number of thiophene rings is 1. The summed E-state index contributed by atoms with van der Waals surface area (Å²) in [6, 6.07) is 9.05. The van der Waals surface area contributed by atoms with Crippen LogP contribution in [-0.2, 0) is 6.54 Å². The number of carbonyl (C=O) groups excluding carboxylic acids is 1. The van der Waals surface area contributed by atoms with E-state index >= 15 is 0 Å². The second-order valence-electron chi connectivity index (χ2n) is 4.81. The molecule has 118 valence electrons. The van der Waals surface area contributed by atoms with Gasteiger partial charge in [-0.1, -0.05) is 6.07 Å². The van der Waals surface area contributed by atoms with Gasteiger partial charge in [0.05, 0.1) is 29.5 Å². The Morgan fingerprint density at radius 2 is 2.04 bits per heavy atom. The number of benzene rings is 1. The number of aromatic nitrogens is 2. The zero-order valence-corrected chi connectivity index (χ0v) is 13.9. The van der Waals surface area contributed by atoms with Crippen molar-refractivity contribution in [3.05, 3.63) is 45.6 Å². The van der Waals surface area contributed by atoms with Gasteiger partial charge in [-0.25, -0.2) is 0 Å². The fourth-order valence-electron chi connectivity index (χ4n) is 2.02. The molecule has 0 aliphatic heterocycles. The molecule has 2 heterocycles. The van der Waals surface area contributed by atoms with Crippen LogP contribution >= 0.6 is 23.1 Å². The van der Waals surface area contributed by atoms with Crippen molar-refractivity contribution in [1.82, 2.24) is 8.75 Å². The maximum absolute atomic E-state index is 10.9. The number of phenolic OH excluding ortho intramolecular Hbond substituents is 1. The molecule has 3 aromatic rings. The van der Waals surface area contributed by atoms with Crippen LogP contribution in [0, 0.1) is 6.92 Å². The number of aldehydes is 1. The van der Waals surface area contributed by atoms with E-state index in [0.717, 1.165) is 11.7 Å². The van der Waals surface area contributed by atoms with E-state index in [9.17, 15) is 9.90 Å².